The molecule has 0 atom stereocenters. The zero-order valence-corrected chi connectivity index (χ0v) is 9.50. The summed E-state index contributed by atoms with van der Waals surface area (Å²) in [6, 6.07) is 2.06. The van der Waals surface area contributed by atoms with Crippen LogP contribution >= 0.6 is 0 Å². The molecule has 0 aromatic carbocycles. The Kier molecular flexibility index (Phi) is 3.45. The molecule has 16 heavy (non-hydrogen) atoms. The molecule has 1 saturated carbocycles. The molecule has 0 bridgehead atoms. The van der Waals surface area contributed by atoms with Crippen LogP contribution in [-0.2, 0) is 9.53 Å². The minimum Gasteiger partial charge on any atom is -0.377 e. The Morgan fingerprint density at radius 2 is 2.12 bits per heavy atom. The summed E-state index contributed by atoms with van der Waals surface area (Å²) in [6.07, 6.45) is 6.29. The molecule has 1 heterocycles. The van der Waals surface area contributed by atoms with Gasteiger partial charge in [-0.05, 0) is 12.3 Å². The third-order valence-electron chi connectivity index (χ3n) is 3.66. The number of nitrogens with one attached hydrogen (secondary N) is 1. The van der Waals surface area contributed by atoms with E-state index in [0.717, 1.165) is 12.3 Å². The monoisotopic (exact) mass is 222 g/mol. The lowest BCUT2D eigenvalue weighted by atomic mass is 9.87. The Morgan fingerprint density at radius 1 is 1.44 bits per heavy atom. The zero-order valence-electron chi connectivity index (χ0n) is 9.50. The highest BCUT2D eigenvalue weighted by Crippen LogP contribution is 2.28. The van der Waals surface area contributed by atoms with Gasteiger partial charge in [0.25, 0.3) is 0 Å². The number of carbonyl (C=O) groups is 1. The number of rotatable bonds is 4. The lowest BCUT2D eigenvalue weighted by molar-refractivity contribution is -0.150. The van der Waals surface area contributed by atoms with Crippen LogP contribution in [0.3, 0.4) is 0 Å². The maximum Gasteiger partial charge on any atom is 0.245 e. The first-order chi connectivity index (χ1) is 7.77. The van der Waals surface area contributed by atoms with Gasteiger partial charge in [-0.1, -0.05) is 25.7 Å². The van der Waals surface area contributed by atoms with E-state index in [1.807, 2.05) is 0 Å². The second-order valence-corrected chi connectivity index (χ2v) is 4.88. The van der Waals surface area contributed by atoms with Crippen LogP contribution in [0.5, 0.6) is 0 Å². The van der Waals surface area contributed by atoms with Crippen molar-refractivity contribution in [3.63, 3.8) is 0 Å². The van der Waals surface area contributed by atoms with Crippen LogP contribution < -0.4 is 5.32 Å². The number of amides is 1. The lowest BCUT2D eigenvalue weighted by Gasteiger charge is -2.33. The summed E-state index contributed by atoms with van der Waals surface area (Å²) in [5.41, 5.74) is -0.893. The summed E-state index contributed by atoms with van der Waals surface area (Å²) in [4.78, 5) is 11.7. The number of nitrogens with zero attached hydrogens (tertiary/aromatic N) is 1. The Hall–Kier alpha value is -1.08. The average molecular weight is 222 g/mol. The molecule has 0 radical (unpaired) electrons. The quantitative estimate of drug-likeness (QED) is 0.778. The third-order valence-corrected chi connectivity index (χ3v) is 3.66. The van der Waals surface area contributed by atoms with Crippen molar-refractivity contribution >= 4 is 5.91 Å². The van der Waals surface area contributed by atoms with Gasteiger partial charge in [0.2, 0.25) is 5.91 Å². The predicted molar refractivity (Wildman–Crippen MR) is 58.4 cm³/mol. The molecule has 1 aliphatic carbocycles. The number of hydrogen-bond acceptors (Lipinski definition) is 3. The van der Waals surface area contributed by atoms with Crippen LogP contribution in [0.2, 0.25) is 0 Å². The van der Waals surface area contributed by atoms with Gasteiger partial charge in [-0.3, -0.25) is 4.79 Å². The largest absolute Gasteiger partial charge is 0.377 e. The first-order valence-electron chi connectivity index (χ1n) is 6.04. The smallest absolute Gasteiger partial charge is 0.245 e. The molecule has 0 aromatic heterocycles. The van der Waals surface area contributed by atoms with Crippen LogP contribution in [-0.4, -0.2) is 25.7 Å². The summed E-state index contributed by atoms with van der Waals surface area (Å²) >= 11 is 0. The van der Waals surface area contributed by atoms with Gasteiger partial charge in [0.05, 0.1) is 19.3 Å². The van der Waals surface area contributed by atoms with Crippen LogP contribution in [0, 0.1) is 22.7 Å². The van der Waals surface area contributed by atoms with Crippen molar-refractivity contribution in [3.8, 4) is 6.07 Å². The summed E-state index contributed by atoms with van der Waals surface area (Å²) < 4.78 is 4.95. The van der Waals surface area contributed by atoms with Crippen molar-refractivity contribution in [1.82, 2.24) is 5.32 Å². The van der Waals surface area contributed by atoms with E-state index in [1.165, 1.54) is 25.7 Å². The molecule has 1 N–H and O–H groups in total. The first kappa shape index (κ1) is 11.4. The van der Waals surface area contributed by atoms with Crippen LogP contribution in [0.1, 0.15) is 32.1 Å². The van der Waals surface area contributed by atoms with Crippen molar-refractivity contribution in [2.75, 3.05) is 19.8 Å². The lowest BCUT2D eigenvalue weighted by Crippen LogP contribution is -2.53. The first-order valence-corrected chi connectivity index (χ1v) is 6.04. The average Bonchev–Trinajstić information content (AvgIpc) is 2.70. The molecule has 1 aliphatic heterocycles. The molecule has 2 fully saturated rings. The second-order valence-electron chi connectivity index (χ2n) is 4.88. The van der Waals surface area contributed by atoms with Gasteiger partial charge in [-0.15, -0.1) is 0 Å². The van der Waals surface area contributed by atoms with E-state index in [2.05, 4.69) is 11.4 Å². The SMILES string of the molecule is N#CC1(C(=O)NCCC2CCCC2)COC1. The molecule has 0 spiro atoms. The summed E-state index contributed by atoms with van der Waals surface area (Å²) in [6.45, 7) is 1.20. The Labute approximate surface area is 96.0 Å². The zero-order chi connectivity index (χ0) is 11.4. The van der Waals surface area contributed by atoms with Crippen molar-refractivity contribution in [2.24, 2.45) is 11.3 Å². The van der Waals surface area contributed by atoms with E-state index >= 15 is 0 Å². The molecule has 0 aromatic rings. The van der Waals surface area contributed by atoms with Gasteiger partial charge in [-0.25, -0.2) is 0 Å². The standard InChI is InChI=1S/C12H18N2O2/c13-7-12(8-16-9-12)11(15)14-6-5-10-3-1-2-4-10/h10H,1-6,8-9H2,(H,14,15). The van der Waals surface area contributed by atoms with Gasteiger partial charge in [0.1, 0.15) is 0 Å². The van der Waals surface area contributed by atoms with E-state index in [0.29, 0.717) is 6.54 Å². The van der Waals surface area contributed by atoms with E-state index in [-0.39, 0.29) is 19.1 Å². The Morgan fingerprint density at radius 3 is 2.62 bits per heavy atom. The van der Waals surface area contributed by atoms with Gasteiger partial charge in [-0.2, -0.15) is 5.26 Å². The molecular weight excluding hydrogens is 204 g/mol. The molecular formula is C12H18N2O2. The summed E-state index contributed by atoms with van der Waals surface area (Å²) in [7, 11) is 0. The number of hydrogen-bond donors (Lipinski definition) is 1. The van der Waals surface area contributed by atoms with Gasteiger partial charge < -0.3 is 10.1 Å². The number of carbonyl (C=O) groups excluding carboxylic acids is 1. The van der Waals surface area contributed by atoms with Crippen molar-refractivity contribution < 1.29 is 9.53 Å². The highest BCUT2D eigenvalue weighted by atomic mass is 16.5. The maximum absolute atomic E-state index is 11.7. The van der Waals surface area contributed by atoms with E-state index in [9.17, 15) is 4.79 Å². The molecule has 88 valence electrons. The third kappa shape index (κ3) is 2.19. The van der Waals surface area contributed by atoms with Gasteiger partial charge >= 0.3 is 0 Å². The van der Waals surface area contributed by atoms with E-state index < -0.39 is 5.41 Å². The normalized spacial score (nSPS) is 23.4. The molecule has 2 rings (SSSR count). The van der Waals surface area contributed by atoms with Crippen molar-refractivity contribution in [2.45, 2.75) is 32.1 Å². The highest BCUT2D eigenvalue weighted by molar-refractivity contribution is 5.86. The van der Waals surface area contributed by atoms with Crippen molar-refractivity contribution in [3.05, 3.63) is 0 Å². The summed E-state index contributed by atoms with van der Waals surface area (Å²) in [5.74, 6) is 0.621. The Balaban J connectivity index is 1.69. The van der Waals surface area contributed by atoms with E-state index in [4.69, 9.17) is 10.00 Å². The summed E-state index contributed by atoms with van der Waals surface area (Å²) in [5, 5.41) is 11.8. The maximum atomic E-state index is 11.7. The van der Waals surface area contributed by atoms with Crippen LogP contribution in [0.15, 0.2) is 0 Å². The van der Waals surface area contributed by atoms with Gasteiger partial charge in [0.15, 0.2) is 5.41 Å². The Bertz CT molecular complexity index is 299. The highest BCUT2D eigenvalue weighted by Gasteiger charge is 2.46. The minimum absolute atomic E-state index is 0.153. The molecule has 1 amide bonds. The molecule has 4 nitrogen and oxygen atoms in total. The fraction of sp³-hybridized carbons (Fsp3) is 0.833. The molecule has 0 unspecified atom stereocenters. The second kappa shape index (κ2) is 4.84. The van der Waals surface area contributed by atoms with Crippen molar-refractivity contribution in [1.29, 1.82) is 5.26 Å². The molecule has 4 heteroatoms. The number of ether oxygens (including phenoxy) is 1. The number of nitriles is 1. The topological polar surface area (TPSA) is 62.1 Å². The van der Waals surface area contributed by atoms with Gasteiger partial charge in [0, 0.05) is 6.54 Å². The fourth-order valence-electron chi connectivity index (χ4n) is 2.41. The van der Waals surface area contributed by atoms with Crippen LogP contribution in [0.25, 0.3) is 0 Å². The minimum atomic E-state index is -0.893. The molecule has 2 aliphatic rings. The predicted octanol–water partition coefficient (Wildman–Crippen LogP) is 1.22. The fourth-order valence-corrected chi connectivity index (χ4v) is 2.41. The molecule has 1 saturated heterocycles. The van der Waals surface area contributed by atoms with Crippen LogP contribution in [0.4, 0.5) is 0 Å². The van der Waals surface area contributed by atoms with E-state index in [1.54, 1.807) is 0 Å².